The van der Waals surface area contributed by atoms with Crippen molar-refractivity contribution in [3.8, 4) is 0 Å². The van der Waals surface area contributed by atoms with Gasteiger partial charge in [0, 0.05) is 22.3 Å². The first-order valence-corrected chi connectivity index (χ1v) is 8.19. The van der Waals surface area contributed by atoms with Crippen LogP contribution in [-0.4, -0.2) is 28.2 Å². The standard InChI is InChI=1S/C14H32O2Si/c1-12(2,3)14(7,13(4,5)6)11(15)16-9-8-10-17/h11,15H,8-10H2,1-7,17H3. The van der Waals surface area contributed by atoms with E-state index in [0.717, 1.165) is 6.42 Å². The molecule has 0 radical (unpaired) electrons. The lowest BCUT2D eigenvalue weighted by atomic mass is 9.54. The maximum atomic E-state index is 10.5. The summed E-state index contributed by atoms with van der Waals surface area (Å²) in [6.07, 6.45) is 0.365. The molecule has 0 aromatic carbocycles. The van der Waals surface area contributed by atoms with Gasteiger partial charge in [-0.15, -0.1) is 0 Å². The molecule has 0 heterocycles. The minimum Gasteiger partial charge on any atom is -0.367 e. The van der Waals surface area contributed by atoms with Gasteiger partial charge >= 0.3 is 0 Å². The summed E-state index contributed by atoms with van der Waals surface area (Å²) in [5.41, 5.74) is -0.289. The number of aliphatic hydroxyl groups is 1. The zero-order valence-electron chi connectivity index (χ0n) is 13.1. The second-order valence-electron chi connectivity index (χ2n) is 7.28. The number of hydrogen-bond donors (Lipinski definition) is 1. The highest BCUT2D eigenvalue weighted by Gasteiger charge is 2.52. The van der Waals surface area contributed by atoms with E-state index in [0.29, 0.717) is 6.61 Å². The molecule has 1 atom stereocenters. The lowest BCUT2D eigenvalue weighted by Gasteiger charge is -2.53. The summed E-state index contributed by atoms with van der Waals surface area (Å²) >= 11 is 0. The van der Waals surface area contributed by atoms with Crippen LogP contribution in [0, 0.1) is 16.2 Å². The highest BCUT2D eigenvalue weighted by Crippen LogP contribution is 2.53. The molecule has 3 heteroatoms. The molecule has 0 aliphatic carbocycles. The van der Waals surface area contributed by atoms with E-state index in [9.17, 15) is 5.11 Å². The SMILES string of the molecule is CC(C)(C)C(C)(C(O)OCCC[SiH3])C(C)(C)C. The van der Waals surface area contributed by atoms with Gasteiger partial charge in [0.25, 0.3) is 0 Å². The summed E-state index contributed by atoms with van der Waals surface area (Å²) in [6, 6.07) is 1.23. The summed E-state index contributed by atoms with van der Waals surface area (Å²) < 4.78 is 5.68. The average molecular weight is 260 g/mol. The highest BCUT2D eigenvalue weighted by molar-refractivity contribution is 6.08. The quantitative estimate of drug-likeness (QED) is 0.468. The van der Waals surface area contributed by atoms with Gasteiger partial charge < -0.3 is 9.84 Å². The fourth-order valence-corrected chi connectivity index (χ4v) is 2.66. The molecule has 0 aromatic rings. The Hall–Kier alpha value is 0.137. The van der Waals surface area contributed by atoms with E-state index in [-0.39, 0.29) is 16.2 Å². The molecular formula is C14H32O2Si. The largest absolute Gasteiger partial charge is 0.367 e. The van der Waals surface area contributed by atoms with Crippen LogP contribution in [0.1, 0.15) is 54.9 Å². The van der Waals surface area contributed by atoms with Gasteiger partial charge in [0.2, 0.25) is 0 Å². The molecule has 0 spiro atoms. The van der Waals surface area contributed by atoms with Crippen LogP contribution < -0.4 is 0 Å². The third kappa shape index (κ3) is 3.80. The number of aliphatic hydroxyl groups excluding tert-OH is 1. The Morgan fingerprint density at radius 2 is 1.41 bits per heavy atom. The molecule has 0 amide bonds. The van der Waals surface area contributed by atoms with Gasteiger partial charge in [0.1, 0.15) is 0 Å². The molecule has 0 rings (SSSR count). The molecule has 0 saturated heterocycles. The van der Waals surface area contributed by atoms with Crippen LogP contribution in [0.15, 0.2) is 0 Å². The van der Waals surface area contributed by atoms with Crippen molar-refractivity contribution in [3.05, 3.63) is 0 Å². The van der Waals surface area contributed by atoms with E-state index in [2.05, 4.69) is 48.5 Å². The van der Waals surface area contributed by atoms with Crippen molar-refractivity contribution < 1.29 is 9.84 Å². The average Bonchev–Trinajstić information content (AvgIpc) is 2.13. The molecule has 2 nitrogen and oxygen atoms in total. The fraction of sp³-hybridized carbons (Fsp3) is 1.00. The summed E-state index contributed by atoms with van der Waals surface area (Å²) in [7, 11) is 1.21. The van der Waals surface area contributed by atoms with Crippen molar-refractivity contribution in [2.24, 2.45) is 16.2 Å². The minimum atomic E-state index is -0.698. The third-order valence-corrected chi connectivity index (χ3v) is 5.09. The van der Waals surface area contributed by atoms with Crippen molar-refractivity contribution in [2.75, 3.05) is 6.61 Å². The first kappa shape index (κ1) is 17.1. The molecular weight excluding hydrogens is 228 g/mol. The molecule has 17 heavy (non-hydrogen) atoms. The highest BCUT2D eigenvalue weighted by atomic mass is 28.1. The van der Waals surface area contributed by atoms with Crippen LogP contribution in [0.2, 0.25) is 6.04 Å². The second kappa shape index (κ2) is 5.85. The predicted molar refractivity (Wildman–Crippen MR) is 78.3 cm³/mol. The molecule has 0 aromatic heterocycles. The zero-order valence-corrected chi connectivity index (χ0v) is 15.1. The fourth-order valence-electron chi connectivity index (χ4n) is 2.37. The van der Waals surface area contributed by atoms with Crippen molar-refractivity contribution >= 4 is 10.2 Å². The molecule has 0 aliphatic heterocycles. The van der Waals surface area contributed by atoms with Crippen LogP contribution in [0.25, 0.3) is 0 Å². The van der Waals surface area contributed by atoms with Crippen molar-refractivity contribution in [2.45, 2.75) is 67.2 Å². The summed E-state index contributed by atoms with van der Waals surface area (Å²) in [6.45, 7) is 15.9. The molecule has 0 bridgehead atoms. The van der Waals surface area contributed by atoms with Gasteiger partial charge in [0.15, 0.2) is 6.29 Å². The van der Waals surface area contributed by atoms with Gasteiger partial charge in [0.05, 0.1) is 0 Å². The maximum absolute atomic E-state index is 10.5. The number of rotatable bonds is 5. The van der Waals surface area contributed by atoms with Crippen LogP contribution in [0.3, 0.4) is 0 Å². The smallest absolute Gasteiger partial charge is 0.160 e. The molecule has 1 N–H and O–H groups in total. The topological polar surface area (TPSA) is 29.5 Å². The number of hydrogen-bond acceptors (Lipinski definition) is 2. The Morgan fingerprint density at radius 3 is 1.71 bits per heavy atom. The van der Waals surface area contributed by atoms with E-state index in [1.165, 1.54) is 16.3 Å². The number of ether oxygens (including phenoxy) is 1. The lowest BCUT2D eigenvalue weighted by Crippen LogP contribution is -2.53. The molecule has 104 valence electrons. The Bertz CT molecular complexity index is 211. The van der Waals surface area contributed by atoms with E-state index in [1.807, 2.05) is 0 Å². The molecule has 0 fully saturated rings. The van der Waals surface area contributed by atoms with Gasteiger partial charge in [-0.2, -0.15) is 0 Å². The Balaban J connectivity index is 4.95. The van der Waals surface area contributed by atoms with Crippen molar-refractivity contribution in [1.29, 1.82) is 0 Å². The summed E-state index contributed by atoms with van der Waals surface area (Å²) in [5, 5.41) is 10.5. The predicted octanol–water partition coefficient (Wildman–Crippen LogP) is 2.59. The molecule has 1 unspecified atom stereocenters. The monoisotopic (exact) mass is 260 g/mol. The van der Waals surface area contributed by atoms with E-state index >= 15 is 0 Å². The normalized spacial score (nSPS) is 16.2. The molecule has 0 aliphatic rings. The Labute approximate surface area is 111 Å². The first-order chi connectivity index (χ1) is 7.48. The van der Waals surface area contributed by atoms with Crippen LogP contribution in [-0.2, 0) is 4.74 Å². The Kier molecular flexibility index (Phi) is 5.90. The minimum absolute atomic E-state index is 0.00830. The van der Waals surface area contributed by atoms with Crippen molar-refractivity contribution in [1.82, 2.24) is 0 Å². The van der Waals surface area contributed by atoms with E-state index in [4.69, 9.17) is 4.74 Å². The van der Waals surface area contributed by atoms with Gasteiger partial charge in [-0.3, -0.25) is 0 Å². The van der Waals surface area contributed by atoms with Crippen molar-refractivity contribution in [3.63, 3.8) is 0 Å². The lowest BCUT2D eigenvalue weighted by molar-refractivity contribution is -0.238. The van der Waals surface area contributed by atoms with Crippen LogP contribution in [0.4, 0.5) is 0 Å². The van der Waals surface area contributed by atoms with Crippen LogP contribution in [0.5, 0.6) is 0 Å². The van der Waals surface area contributed by atoms with Gasteiger partial charge in [-0.25, -0.2) is 0 Å². The maximum Gasteiger partial charge on any atom is 0.160 e. The zero-order chi connectivity index (χ0) is 13.9. The summed E-state index contributed by atoms with van der Waals surface area (Å²) in [4.78, 5) is 0. The first-order valence-electron chi connectivity index (χ1n) is 6.78. The van der Waals surface area contributed by atoms with E-state index in [1.54, 1.807) is 0 Å². The Morgan fingerprint density at radius 1 is 1.00 bits per heavy atom. The van der Waals surface area contributed by atoms with Gasteiger partial charge in [-0.05, 0) is 17.3 Å². The summed E-state index contributed by atoms with van der Waals surface area (Å²) in [5.74, 6) is 0. The van der Waals surface area contributed by atoms with Gasteiger partial charge in [-0.1, -0.05) is 54.5 Å². The van der Waals surface area contributed by atoms with E-state index < -0.39 is 6.29 Å². The third-order valence-electron chi connectivity index (χ3n) is 4.38. The second-order valence-corrected chi connectivity index (χ2v) is 8.28. The molecule has 0 saturated carbocycles. The van der Waals surface area contributed by atoms with Crippen LogP contribution >= 0.6 is 0 Å².